The fraction of sp³-hybridized carbons (Fsp3) is 0.0909. The van der Waals surface area contributed by atoms with Crippen LogP contribution < -0.4 is 10.1 Å². The topological polar surface area (TPSA) is 51.2 Å². The molecule has 0 aliphatic carbocycles. The zero-order chi connectivity index (χ0) is 18.8. The minimum atomic E-state index is -0.176. The number of carbonyl (C=O) groups is 1. The number of hydrogen-bond acceptors (Lipinski definition) is 4. The molecule has 0 spiro atoms. The highest BCUT2D eigenvalue weighted by Gasteiger charge is 2.14. The summed E-state index contributed by atoms with van der Waals surface area (Å²) >= 11 is 1.45. The molecule has 4 nitrogen and oxygen atoms in total. The van der Waals surface area contributed by atoms with E-state index in [4.69, 9.17) is 4.74 Å². The summed E-state index contributed by atoms with van der Waals surface area (Å²) in [7, 11) is 1.62. The van der Waals surface area contributed by atoms with Gasteiger partial charge in [-0.05, 0) is 41.8 Å². The molecule has 1 aromatic heterocycles. The van der Waals surface area contributed by atoms with Crippen molar-refractivity contribution in [1.82, 2.24) is 4.98 Å². The van der Waals surface area contributed by atoms with Gasteiger partial charge in [-0.25, -0.2) is 4.98 Å². The van der Waals surface area contributed by atoms with E-state index in [2.05, 4.69) is 10.3 Å². The summed E-state index contributed by atoms with van der Waals surface area (Å²) in [6, 6.07) is 21.5. The number of ether oxygens (including phenoxy) is 1. The van der Waals surface area contributed by atoms with Gasteiger partial charge in [-0.1, -0.05) is 59.9 Å². The highest BCUT2D eigenvalue weighted by molar-refractivity contribution is 7.22. The predicted molar refractivity (Wildman–Crippen MR) is 111 cm³/mol. The maximum atomic E-state index is 12.6. The average molecular weight is 374 g/mol. The number of nitrogens with one attached hydrogen (secondary N) is 1. The number of amides is 1. The molecule has 1 amide bonds. The second-order valence-electron chi connectivity index (χ2n) is 6.18. The summed E-state index contributed by atoms with van der Waals surface area (Å²) in [5.74, 6) is 0.532. The van der Waals surface area contributed by atoms with Gasteiger partial charge in [0.2, 0.25) is 0 Å². The molecule has 0 atom stereocenters. The summed E-state index contributed by atoms with van der Waals surface area (Å²) in [5, 5.41) is 3.46. The van der Waals surface area contributed by atoms with Gasteiger partial charge in [0.25, 0.3) is 5.91 Å². The van der Waals surface area contributed by atoms with Crippen molar-refractivity contribution in [3.63, 3.8) is 0 Å². The third-order valence-corrected chi connectivity index (χ3v) is 5.50. The van der Waals surface area contributed by atoms with Crippen LogP contribution in [-0.4, -0.2) is 18.0 Å². The van der Waals surface area contributed by atoms with Gasteiger partial charge in [0, 0.05) is 5.56 Å². The number of methoxy groups -OCH3 is 1. The zero-order valence-corrected chi connectivity index (χ0v) is 15.8. The maximum absolute atomic E-state index is 12.6. The molecule has 0 aliphatic heterocycles. The molecule has 0 bridgehead atoms. The Balaban J connectivity index is 1.57. The molecule has 0 fully saturated rings. The maximum Gasteiger partial charge on any atom is 0.257 e. The van der Waals surface area contributed by atoms with Crippen molar-refractivity contribution >= 4 is 32.6 Å². The van der Waals surface area contributed by atoms with Crippen molar-refractivity contribution in [1.29, 1.82) is 0 Å². The van der Waals surface area contributed by atoms with Gasteiger partial charge in [-0.2, -0.15) is 0 Å². The number of rotatable bonds is 4. The first kappa shape index (κ1) is 17.2. The molecule has 0 saturated heterocycles. The number of carbonyl (C=O) groups excluding carboxylic acids is 1. The molecule has 5 heteroatoms. The van der Waals surface area contributed by atoms with Gasteiger partial charge in [0.05, 0.1) is 11.8 Å². The van der Waals surface area contributed by atoms with Crippen molar-refractivity contribution in [2.75, 3.05) is 12.4 Å². The van der Waals surface area contributed by atoms with Crippen LogP contribution in [0.4, 0.5) is 5.13 Å². The predicted octanol–water partition coefficient (Wildman–Crippen LogP) is 5.53. The lowest BCUT2D eigenvalue weighted by molar-refractivity contribution is 0.102. The first-order valence-electron chi connectivity index (χ1n) is 8.56. The molecule has 27 heavy (non-hydrogen) atoms. The van der Waals surface area contributed by atoms with Crippen molar-refractivity contribution < 1.29 is 9.53 Å². The van der Waals surface area contributed by atoms with E-state index in [-0.39, 0.29) is 5.91 Å². The Kier molecular flexibility index (Phi) is 4.60. The molecule has 0 unspecified atom stereocenters. The van der Waals surface area contributed by atoms with Crippen LogP contribution in [0.3, 0.4) is 0 Å². The Morgan fingerprint density at radius 3 is 2.37 bits per heavy atom. The zero-order valence-electron chi connectivity index (χ0n) is 15.0. The van der Waals surface area contributed by atoms with Gasteiger partial charge < -0.3 is 4.74 Å². The van der Waals surface area contributed by atoms with Crippen LogP contribution >= 0.6 is 11.3 Å². The van der Waals surface area contributed by atoms with E-state index >= 15 is 0 Å². The summed E-state index contributed by atoms with van der Waals surface area (Å²) in [6.45, 7) is 2.02. The fourth-order valence-electron chi connectivity index (χ4n) is 2.94. The van der Waals surface area contributed by atoms with Gasteiger partial charge in [0.1, 0.15) is 11.3 Å². The molecule has 134 valence electrons. The lowest BCUT2D eigenvalue weighted by Gasteiger charge is -2.04. The number of fused-ring (bicyclic) bond motifs is 1. The highest BCUT2D eigenvalue weighted by atomic mass is 32.1. The van der Waals surface area contributed by atoms with E-state index in [0.717, 1.165) is 26.9 Å². The number of aromatic nitrogens is 1. The quantitative estimate of drug-likeness (QED) is 0.511. The second-order valence-corrected chi connectivity index (χ2v) is 7.18. The van der Waals surface area contributed by atoms with Crippen LogP contribution in [0.15, 0.2) is 66.7 Å². The van der Waals surface area contributed by atoms with Crippen molar-refractivity contribution in [2.24, 2.45) is 0 Å². The number of thiazole rings is 1. The van der Waals surface area contributed by atoms with Gasteiger partial charge in [-0.15, -0.1) is 0 Å². The standard InChI is InChI=1S/C22H18N2O2S/c1-14-8-13-18(26-2)19-20(14)27-22(23-19)24-21(25)17-11-9-16(10-12-17)15-6-4-3-5-7-15/h3-13H,1-2H3,(H,23,24,25). The summed E-state index contributed by atoms with van der Waals surface area (Å²) in [6.07, 6.45) is 0. The number of hydrogen-bond donors (Lipinski definition) is 1. The molecule has 0 aliphatic rings. The van der Waals surface area contributed by atoms with E-state index in [1.165, 1.54) is 11.3 Å². The molecular formula is C22H18N2O2S. The van der Waals surface area contributed by atoms with E-state index in [0.29, 0.717) is 16.4 Å². The molecule has 4 aromatic rings. The van der Waals surface area contributed by atoms with Crippen LogP contribution in [-0.2, 0) is 0 Å². The Morgan fingerprint density at radius 1 is 0.963 bits per heavy atom. The van der Waals surface area contributed by atoms with E-state index in [9.17, 15) is 4.79 Å². The average Bonchev–Trinajstić information content (AvgIpc) is 3.14. The number of benzene rings is 3. The lowest BCUT2D eigenvalue weighted by atomic mass is 10.0. The van der Waals surface area contributed by atoms with Crippen molar-refractivity contribution in [3.05, 3.63) is 77.9 Å². The summed E-state index contributed by atoms with van der Waals surface area (Å²) in [4.78, 5) is 17.1. The second kappa shape index (κ2) is 7.21. The third-order valence-electron chi connectivity index (χ3n) is 4.40. The van der Waals surface area contributed by atoms with Gasteiger partial charge in [0.15, 0.2) is 5.13 Å². The van der Waals surface area contributed by atoms with Gasteiger partial charge >= 0.3 is 0 Å². The van der Waals surface area contributed by atoms with Crippen LogP contribution in [0, 0.1) is 6.92 Å². The number of nitrogens with zero attached hydrogens (tertiary/aromatic N) is 1. The van der Waals surface area contributed by atoms with Crippen LogP contribution in [0.2, 0.25) is 0 Å². The molecule has 1 heterocycles. The van der Waals surface area contributed by atoms with E-state index < -0.39 is 0 Å². The van der Waals surface area contributed by atoms with Crippen LogP contribution in [0.1, 0.15) is 15.9 Å². The normalized spacial score (nSPS) is 10.7. The Morgan fingerprint density at radius 2 is 1.67 bits per heavy atom. The molecule has 1 N–H and O–H groups in total. The third kappa shape index (κ3) is 3.41. The largest absolute Gasteiger partial charge is 0.494 e. The van der Waals surface area contributed by atoms with E-state index in [1.54, 1.807) is 7.11 Å². The van der Waals surface area contributed by atoms with Crippen LogP contribution in [0.5, 0.6) is 5.75 Å². The minimum absolute atomic E-state index is 0.176. The smallest absolute Gasteiger partial charge is 0.257 e. The molecule has 0 radical (unpaired) electrons. The molecular weight excluding hydrogens is 356 g/mol. The summed E-state index contributed by atoms with van der Waals surface area (Å²) in [5.41, 5.74) is 4.68. The Labute approximate surface area is 161 Å². The fourth-order valence-corrected chi connectivity index (χ4v) is 3.89. The van der Waals surface area contributed by atoms with Crippen molar-refractivity contribution in [2.45, 2.75) is 6.92 Å². The molecule has 4 rings (SSSR count). The van der Waals surface area contributed by atoms with Gasteiger partial charge in [-0.3, -0.25) is 10.1 Å². The molecule has 0 saturated carbocycles. The Bertz CT molecular complexity index is 1100. The number of aryl methyl sites for hydroxylation is 1. The Hall–Kier alpha value is -3.18. The number of anilines is 1. The lowest BCUT2D eigenvalue weighted by Crippen LogP contribution is -2.11. The van der Waals surface area contributed by atoms with E-state index in [1.807, 2.05) is 73.7 Å². The first-order chi connectivity index (χ1) is 13.2. The monoisotopic (exact) mass is 374 g/mol. The minimum Gasteiger partial charge on any atom is -0.494 e. The molecule has 3 aromatic carbocycles. The highest BCUT2D eigenvalue weighted by Crippen LogP contribution is 2.34. The van der Waals surface area contributed by atoms with Crippen molar-refractivity contribution in [3.8, 4) is 16.9 Å². The van der Waals surface area contributed by atoms with Crippen LogP contribution in [0.25, 0.3) is 21.3 Å². The summed E-state index contributed by atoms with van der Waals surface area (Å²) < 4.78 is 6.39. The SMILES string of the molecule is COc1ccc(C)c2sc(NC(=O)c3ccc(-c4ccccc4)cc3)nc12. The first-order valence-corrected chi connectivity index (χ1v) is 9.38.